The number of nitrogens with zero attached hydrogens (tertiary/aromatic N) is 2. The Bertz CT molecular complexity index is 936. The van der Waals surface area contributed by atoms with Crippen LogP contribution in [0.25, 0.3) is 10.4 Å². The van der Waals surface area contributed by atoms with Gasteiger partial charge in [0.05, 0.1) is 12.0 Å². The van der Waals surface area contributed by atoms with E-state index in [2.05, 4.69) is 9.98 Å². The van der Waals surface area contributed by atoms with E-state index in [-0.39, 0.29) is 10.0 Å². The second-order valence-electron chi connectivity index (χ2n) is 5.21. The maximum absolute atomic E-state index is 13.3. The maximum atomic E-state index is 13.3. The van der Waals surface area contributed by atoms with Crippen LogP contribution in [-0.4, -0.2) is 18.3 Å². The van der Waals surface area contributed by atoms with Crippen molar-refractivity contribution in [3.8, 4) is 16.2 Å². The second kappa shape index (κ2) is 7.47. The van der Waals surface area contributed by atoms with Gasteiger partial charge < -0.3 is 4.74 Å². The van der Waals surface area contributed by atoms with Crippen LogP contribution in [0.5, 0.6) is 5.75 Å². The number of hydrogen-bond donors (Lipinski definition) is 0. The van der Waals surface area contributed by atoms with E-state index in [0.717, 1.165) is 11.3 Å². The van der Waals surface area contributed by atoms with Crippen LogP contribution in [0.3, 0.4) is 0 Å². The van der Waals surface area contributed by atoms with Crippen molar-refractivity contribution in [1.29, 1.82) is 0 Å². The van der Waals surface area contributed by atoms with Crippen molar-refractivity contribution >= 4 is 34.3 Å². The highest BCUT2D eigenvalue weighted by molar-refractivity contribution is 7.18. The Morgan fingerprint density at radius 1 is 1.15 bits per heavy atom. The van der Waals surface area contributed by atoms with Crippen molar-refractivity contribution in [2.45, 2.75) is 6.18 Å². The van der Waals surface area contributed by atoms with E-state index in [9.17, 15) is 13.2 Å². The molecular weight excluding hydrogens is 385 g/mol. The van der Waals surface area contributed by atoms with Crippen molar-refractivity contribution in [2.75, 3.05) is 7.11 Å². The molecule has 1 aromatic heterocycles. The number of alkyl halides is 3. The minimum absolute atomic E-state index is 0.00644. The number of aromatic nitrogens is 1. The zero-order chi connectivity index (χ0) is 18.7. The first-order valence-corrected chi connectivity index (χ1v) is 8.58. The lowest BCUT2D eigenvalue weighted by Gasteiger charge is -2.05. The molecule has 0 amide bonds. The van der Waals surface area contributed by atoms with Crippen molar-refractivity contribution in [1.82, 2.24) is 4.98 Å². The summed E-state index contributed by atoms with van der Waals surface area (Å²) in [6.07, 6.45) is -3.12. The molecule has 0 radical (unpaired) electrons. The summed E-state index contributed by atoms with van der Waals surface area (Å²) in [5.74, 6) is 0.630. The van der Waals surface area contributed by atoms with Gasteiger partial charge in [0.25, 0.3) is 0 Å². The van der Waals surface area contributed by atoms with Crippen LogP contribution < -0.4 is 4.74 Å². The Morgan fingerprint density at radius 2 is 1.88 bits per heavy atom. The predicted octanol–water partition coefficient (Wildman–Crippen LogP) is 6.24. The van der Waals surface area contributed by atoms with Crippen LogP contribution in [0.15, 0.2) is 53.5 Å². The third kappa shape index (κ3) is 4.23. The van der Waals surface area contributed by atoms with Gasteiger partial charge in [-0.2, -0.15) is 13.2 Å². The Balaban J connectivity index is 1.98. The lowest BCUT2D eigenvalue weighted by atomic mass is 10.1. The molecule has 0 aliphatic carbocycles. The molecule has 0 unspecified atom stereocenters. The molecule has 0 aliphatic heterocycles. The van der Waals surface area contributed by atoms with Gasteiger partial charge in [0, 0.05) is 11.2 Å². The van der Waals surface area contributed by atoms with Crippen molar-refractivity contribution in [3.63, 3.8) is 0 Å². The number of ether oxygens (including phenoxy) is 1. The quantitative estimate of drug-likeness (QED) is 0.489. The fraction of sp³-hybridized carbons (Fsp3) is 0.111. The second-order valence-corrected chi connectivity index (χ2v) is 6.63. The van der Waals surface area contributed by atoms with Crippen molar-refractivity contribution in [2.24, 2.45) is 4.99 Å². The third-order valence-electron chi connectivity index (χ3n) is 3.41. The van der Waals surface area contributed by atoms with Gasteiger partial charge in [0.1, 0.15) is 5.75 Å². The van der Waals surface area contributed by atoms with E-state index in [4.69, 9.17) is 16.3 Å². The van der Waals surface area contributed by atoms with Gasteiger partial charge >= 0.3 is 6.18 Å². The van der Waals surface area contributed by atoms with Gasteiger partial charge in [-0.05, 0) is 35.4 Å². The molecule has 0 atom stereocenters. The average Bonchev–Trinajstić information content (AvgIpc) is 3.05. The van der Waals surface area contributed by atoms with Crippen molar-refractivity contribution < 1.29 is 17.9 Å². The first-order valence-electron chi connectivity index (χ1n) is 7.39. The van der Waals surface area contributed by atoms with Crippen LogP contribution in [0, 0.1) is 0 Å². The zero-order valence-electron chi connectivity index (χ0n) is 13.4. The largest absolute Gasteiger partial charge is 0.497 e. The number of thiazole rings is 1. The fourth-order valence-corrected chi connectivity index (χ4v) is 3.27. The van der Waals surface area contributed by atoms with Gasteiger partial charge in [0.2, 0.25) is 5.13 Å². The van der Waals surface area contributed by atoms with Crippen LogP contribution >= 0.6 is 22.9 Å². The monoisotopic (exact) mass is 396 g/mol. The normalized spacial score (nSPS) is 11.9. The van der Waals surface area contributed by atoms with Gasteiger partial charge in [-0.25, -0.2) is 9.98 Å². The summed E-state index contributed by atoms with van der Waals surface area (Å²) in [5, 5.41) is 0.466. The zero-order valence-corrected chi connectivity index (χ0v) is 15.0. The number of rotatable bonds is 4. The van der Waals surface area contributed by atoms with E-state index < -0.39 is 11.9 Å². The smallest absolute Gasteiger partial charge is 0.434 e. The number of benzene rings is 2. The van der Waals surface area contributed by atoms with Crippen LogP contribution in [0.1, 0.15) is 11.3 Å². The number of hydrogen-bond acceptors (Lipinski definition) is 4. The summed E-state index contributed by atoms with van der Waals surface area (Å²) < 4.78 is 45.1. The van der Waals surface area contributed by atoms with E-state index >= 15 is 0 Å². The van der Waals surface area contributed by atoms with E-state index in [1.807, 2.05) is 0 Å². The summed E-state index contributed by atoms with van der Waals surface area (Å²) in [5.41, 5.74) is 0.130. The molecule has 3 nitrogen and oxygen atoms in total. The minimum Gasteiger partial charge on any atom is -0.497 e. The average molecular weight is 397 g/mol. The van der Waals surface area contributed by atoms with Crippen LogP contribution in [0.4, 0.5) is 18.3 Å². The van der Waals surface area contributed by atoms with Gasteiger partial charge in [0.15, 0.2) is 5.69 Å². The van der Waals surface area contributed by atoms with E-state index in [1.54, 1.807) is 24.3 Å². The Kier molecular flexibility index (Phi) is 5.29. The van der Waals surface area contributed by atoms with Crippen molar-refractivity contribution in [3.05, 3.63) is 64.8 Å². The van der Waals surface area contributed by atoms with Gasteiger partial charge in [-0.3, -0.25) is 0 Å². The summed E-state index contributed by atoms with van der Waals surface area (Å²) >= 11 is 6.68. The molecular formula is C18H12ClF3N2OS. The van der Waals surface area contributed by atoms with E-state index in [0.29, 0.717) is 21.9 Å². The summed E-state index contributed by atoms with van der Waals surface area (Å²) in [6.45, 7) is 0. The Labute approximate surface area is 156 Å². The third-order valence-corrected chi connectivity index (χ3v) is 4.67. The minimum atomic E-state index is -4.57. The first kappa shape index (κ1) is 18.4. The molecule has 1 heterocycles. The molecule has 8 heteroatoms. The Morgan fingerprint density at radius 3 is 2.54 bits per heavy atom. The van der Waals surface area contributed by atoms with Crippen LogP contribution in [0.2, 0.25) is 5.02 Å². The highest BCUT2D eigenvalue weighted by atomic mass is 35.5. The predicted molar refractivity (Wildman–Crippen MR) is 97.8 cm³/mol. The molecule has 3 aromatic rings. The molecule has 3 rings (SSSR count). The fourth-order valence-electron chi connectivity index (χ4n) is 2.20. The van der Waals surface area contributed by atoms with Crippen LogP contribution in [-0.2, 0) is 6.18 Å². The molecule has 0 saturated carbocycles. The highest BCUT2D eigenvalue weighted by Gasteiger charge is 2.37. The lowest BCUT2D eigenvalue weighted by Crippen LogP contribution is -2.06. The molecule has 0 bridgehead atoms. The SMILES string of the molecule is COc1cccc(/C=N/c2nc(C(F)(F)F)c(-c3ccc(Cl)cc3)s2)c1. The molecule has 26 heavy (non-hydrogen) atoms. The summed E-state index contributed by atoms with van der Waals surface area (Å²) in [6, 6.07) is 13.2. The van der Waals surface area contributed by atoms with Gasteiger partial charge in [-0.15, -0.1) is 0 Å². The summed E-state index contributed by atoms with van der Waals surface area (Å²) in [7, 11) is 1.53. The highest BCUT2D eigenvalue weighted by Crippen LogP contribution is 2.42. The topological polar surface area (TPSA) is 34.5 Å². The van der Waals surface area contributed by atoms with Gasteiger partial charge in [-0.1, -0.05) is 47.2 Å². The first-order chi connectivity index (χ1) is 12.4. The maximum Gasteiger partial charge on any atom is 0.434 e. The molecule has 0 aliphatic rings. The molecule has 134 valence electrons. The molecule has 0 spiro atoms. The molecule has 0 fully saturated rings. The van der Waals surface area contributed by atoms with E-state index in [1.165, 1.54) is 37.6 Å². The molecule has 0 saturated heterocycles. The molecule has 2 aromatic carbocycles. The molecule has 0 N–H and O–H groups in total. The standard InChI is InChI=1S/C18H12ClF3N2OS/c1-25-14-4-2-3-11(9-14)10-23-17-24-16(18(20,21)22)15(26-17)12-5-7-13(19)8-6-12/h2-10H,1H3/b23-10+. The number of methoxy groups -OCH3 is 1. The Hall–Kier alpha value is -2.38. The lowest BCUT2D eigenvalue weighted by molar-refractivity contribution is -0.140. The summed E-state index contributed by atoms with van der Waals surface area (Å²) in [4.78, 5) is 7.77. The number of halogens is 4. The number of aliphatic imine (C=N–C) groups is 1.